The SMILES string of the molecule is CNC(CCC(F)(F)F)C(=O)N(C=O)[C@H]1CC2(C[C@H](Oc3ncccc3C(N)=O)C2)C1. The summed E-state index contributed by atoms with van der Waals surface area (Å²) in [4.78, 5) is 40.6. The Bertz CT molecular complexity index is 834. The number of aromatic nitrogens is 1. The molecule has 0 bridgehead atoms. The summed E-state index contributed by atoms with van der Waals surface area (Å²) in [6, 6.07) is 1.70. The Balaban J connectivity index is 1.52. The summed E-state index contributed by atoms with van der Waals surface area (Å²) < 4.78 is 43.2. The lowest BCUT2D eigenvalue weighted by molar-refractivity contribution is -0.158. The molecule has 0 radical (unpaired) electrons. The van der Waals surface area contributed by atoms with Crippen LogP contribution in [0.2, 0.25) is 0 Å². The van der Waals surface area contributed by atoms with Gasteiger partial charge in [0.25, 0.3) is 5.91 Å². The molecule has 0 aliphatic heterocycles. The fourth-order valence-electron chi connectivity index (χ4n) is 4.49. The number of rotatable bonds is 9. The Morgan fingerprint density at radius 3 is 2.61 bits per heavy atom. The van der Waals surface area contributed by atoms with Gasteiger partial charge in [-0.1, -0.05) is 0 Å². The number of nitrogens with zero attached hydrogens (tertiary/aromatic N) is 2. The van der Waals surface area contributed by atoms with Crippen LogP contribution in [0.25, 0.3) is 0 Å². The first-order chi connectivity index (χ1) is 14.6. The molecular weight excluding hydrogens is 417 g/mol. The Morgan fingerprint density at radius 2 is 2.06 bits per heavy atom. The monoisotopic (exact) mass is 442 g/mol. The quantitative estimate of drug-likeness (QED) is 0.564. The number of alkyl halides is 3. The maximum Gasteiger partial charge on any atom is 0.389 e. The highest BCUT2D eigenvalue weighted by Gasteiger charge is 2.56. The third kappa shape index (κ3) is 5.15. The molecule has 8 nitrogen and oxygen atoms in total. The third-order valence-corrected chi connectivity index (χ3v) is 6.10. The molecule has 1 heterocycles. The Labute approximate surface area is 177 Å². The van der Waals surface area contributed by atoms with E-state index in [4.69, 9.17) is 10.5 Å². The molecule has 170 valence electrons. The van der Waals surface area contributed by atoms with Crippen molar-refractivity contribution in [3.8, 4) is 5.88 Å². The summed E-state index contributed by atoms with van der Waals surface area (Å²) in [6.07, 6.45) is -1.69. The van der Waals surface area contributed by atoms with Gasteiger partial charge in [0.2, 0.25) is 18.2 Å². The number of likely N-dealkylation sites (N-methyl/N-ethyl adjacent to an activating group) is 1. The van der Waals surface area contributed by atoms with Crippen LogP contribution in [0.3, 0.4) is 0 Å². The molecule has 1 aromatic heterocycles. The van der Waals surface area contributed by atoms with Crippen LogP contribution in [-0.4, -0.2) is 59.5 Å². The number of halogens is 3. The number of imide groups is 1. The molecule has 0 aromatic carbocycles. The summed E-state index contributed by atoms with van der Waals surface area (Å²) >= 11 is 0. The fourth-order valence-corrected chi connectivity index (χ4v) is 4.49. The van der Waals surface area contributed by atoms with Gasteiger partial charge in [0.15, 0.2) is 0 Å². The number of hydrogen-bond donors (Lipinski definition) is 2. The van der Waals surface area contributed by atoms with Gasteiger partial charge in [0.1, 0.15) is 11.7 Å². The lowest BCUT2D eigenvalue weighted by Crippen LogP contribution is -2.61. The van der Waals surface area contributed by atoms with Crippen LogP contribution in [0.15, 0.2) is 18.3 Å². The van der Waals surface area contributed by atoms with Gasteiger partial charge in [-0.05, 0) is 56.7 Å². The topological polar surface area (TPSA) is 115 Å². The molecule has 11 heteroatoms. The Hall–Kier alpha value is -2.69. The van der Waals surface area contributed by atoms with Crippen molar-refractivity contribution in [3.05, 3.63) is 23.9 Å². The summed E-state index contributed by atoms with van der Waals surface area (Å²) in [5.41, 5.74) is 5.43. The molecule has 31 heavy (non-hydrogen) atoms. The number of hydrogen-bond acceptors (Lipinski definition) is 6. The molecule has 1 unspecified atom stereocenters. The molecule has 2 aliphatic rings. The van der Waals surface area contributed by atoms with Gasteiger partial charge in [-0.3, -0.25) is 19.3 Å². The predicted molar refractivity (Wildman–Crippen MR) is 103 cm³/mol. The van der Waals surface area contributed by atoms with Crippen LogP contribution in [0.1, 0.15) is 48.9 Å². The zero-order chi connectivity index (χ0) is 22.8. The predicted octanol–water partition coefficient (Wildman–Crippen LogP) is 1.79. The smallest absolute Gasteiger partial charge is 0.389 e. The van der Waals surface area contributed by atoms with Gasteiger partial charge in [-0.2, -0.15) is 13.2 Å². The zero-order valence-corrected chi connectivity index (χ0v) is 17.0. The van der Waals surface area contributed by atoms with Crippen LogP contribution in [0, 0.1) is 5.41 Å². The number of pyridine rings is 1. The van der Waals surface area contributed by atoms with Gasteiger partial charge >= 0.3 is 6.18 Å². The van der Waals surface area contributed by atoms with Crippen LogP contribution in [-0.2, 0) is 9.59 Å². The first kappa shape index (κ1) is 23.0. The summed E-state index contributed by atoms with van der Waals surface area (Å²) in [5, 5.41) is 2.57. The number of nitrogens with one attached hydrogen (secondary N) is 1. The van der Waals surface area contributed by atoms with E-state index >= 15 is 0 Å². The highest BCUT2D eigenvalue weighted by Crippen LogP contribution is 2.58. The van der Waals surface area contributed by atoms with Gasteiger partial charge in [-0.25, -0.2) is 4.98 Å². The second kappa shape index (κ2) is 8.81. The second-order valence-electron chi connectivity index (χ2n) is 8.28. The lowest BCUT2D eigenvalue weighted by Gasteiger charge is -2.58. The minimum absolute atomic E-state index is 0.0837. The van der Waals surface area contributed by atoms with Crippen molar-refractivity contribution in [2.45, 2.75) is 62.9 Å². The van der Waals surface area contributed by atoms with Crippen LogP contribution in [0.4, 0.5) is 13.2 Å². The minimum Gasteiger partial charge on any atom is -0.474 e. The Kier molecular flexibility index (Phi) is 6.54. The molecule has 3 N–H and O–H groups in total. The number of amides is 3. The summed E-state index contributed by atoms with van der Waals surface area (Å²) in [7, 11) is 1.40. The maximum absolute atomic E-state index is 12.6. The van der Waals surface area contributed by atoms with Crippen molar-refractivity contribution in [1.29, 1.82) is 0 Å². The third-order valence-electron chi connectivity index (χ3n) is 6.10. The minimum atomic E-state index is -4.37. The molecule has 2 saturated carbocycles. The molecule has 0 saturated heterocycles. The number of primary amides is 1. The highest BCUT2D eigenvalue weighted by molar-refractivity contribution is 5.95. The van der Waals surface area contributed by atoms with Crippen molar-refractivity contribution in [1.82, 2.24) is 15.2 Å². The first-order valence-corrected chi connectivity index (χ1v) is 10.0. The molecule has 3 amide bonds. The van der Waals surface area contributed by atoms with Crippen molar-refractivity contribution in [2.75, 3.05) is 7.05 Å². The fraction of sp³-hybridized carbons (Fsp3) is 0.600. The average molecular weight is 442 g/mol. The summed E-state index contributed by atoms with van der Waals surface area (Å²) in [6.45, 7) is 0. The van der Waals surface area contributed by atoms with E-state index in [1.807, 2.05) is 0 Å². The second-order valence-corrected chi connectivity index (χ2v) is 8.28. The van der Waals surface area contributed by atoms with Gasteiger partial charge in [-0.15, -0.1) is 0 Å². The normalized spacial score (nSPS) is 25.8. The van der Waals surface area contributed by atoms with E-state index in [-0.39, 0.29) is 29.0 Å². The highest BCUT2D eigenvalue weighted by atomic mass is 19.4. The molecular formula is C20H25F3N4O4. The van der Waals surface area contributed by atoms with E-state index in [2.05, 4.69) is 10.3 Å². The number of carbonyl (C=O) groups is 3. The van der Waals surface area contributed by atoms with Crippen LogP contribution in [0.5, 0.6) is 5.88 Å². The molecule has 2 fully saturated rings. The van der Waals surface area contributed by atoms with E-state index in [1.165, 1.54) is 19.3 Å². The number of nitrogens with two attached hydrogens (primary N) is 1. The number of carbonyl (C=O) groups excluding carboxylic acids is 3. The van der Waals surface area contributed by atoms with Crippen molar-refractivity contribution in [3.63, 3.8) is 0 Å². The van der Waals surface area contributed by atoms with Crippen molar-refractivity contribution >= 4 is 18.2 Å². The summed E-state index contributed by atoms with van der Waals surface area (Å²) in [5.74, 6) is -1.10. The Morgan fingerprint density at radius 1 is 1.39 bits per heavy atom. The lowest BCUT2D eigenvalue weighted by atomic mass is 9.52. The van der Waals surface area contributed by atoms with Crippen LogP contribution < -0.4 is 15.8 Å². The van der Waals surface area contributed by atoms with E-state index in [1.54, 1.807) is 6.07 Å². The zero-order valence-electron chi connectivity index (χ0n) is 17.0. The van der Waals surface area contributed by atoms with E-state index in [9.17, 15) is 27.6 Å². The van der Waals surface area contributed by atoms with E-state index < -0.39 is 36.9 Å². The first-order valence-electron chi connectivity index (χ1n) is 10.0. The van der Waals surface area contributed by atoms with E-state index in [0.29, 0.717) is 32.1 Å². The number of ether oxygens (including phenoxy) is 1. The molecule has 1 atom stereocenters. The molecule has 1 spiro atoms. The standard InChI is InChI=1S/C20H25F3N4O4/c1-25-15(4-5-20(21,22)23)18(30)27(11-28)12-7-19(8-12)9-13(10-19)31-17-14(16(24)29)3-2-6-26-17/h2-3,6,11-13,15,25H,4-5,7-10H2,1H3,(H2,24,29)/t12-,13-,15?,19?. The van der Waals surface area contributed by atoms with Gasteiger partial charge in [0.05, 0.1) is 6.04 Å². The van der Waals surface area contributed by atoms with Gasteiger partial charge < -0.3 is 15.8 Å². The maximum atomic E-state index is 12.6. The average Bonchev–Trinajstić information content (AvgIpc) is 2.64. The van der Waals surface area contributed by atoms with Crippen molar-refractivity contribution in [2.24, 2.45) is 11.1 Å². The molecule has 2 aliphatic carbocycles. The largest absolute Gasteiger partial charge is 0.474 e. The van der Waals surface area contributed by atoms with E-state index in [0.717, 1.165) is 4.90 Å². The van der Waals surface area contributed by atoms with Gasteiger partial charge in [0, 0.05) is 18.7 Å². The van der Waals surface area contributed by atoms with Crippen LogP contribution >= 0.6 is 0 Å². The molecule has 1 aromatic rings. The molecule has 3 rings (SSSR count). The van der Waals surface area contributed by atoms with Crippen molar-refractivity contribution < 1.29 is 32.3 Å².